The molecule has 1 atom stereocenters. The van der Waals surface area contributed by atoms with Crippen LogP contribution in [0.25, 0.3) is 22.3 Å². The van der Waals surface area contributed by atoms with Gasteiger partial charge in [0, 0.05) is 18.4 Å². The lowest BCUT2D eigenvalue weighted by molar-refractivity contribution is 0.233. The lowest BCUT2D eigenvalue weighted by atomic mass is 9.92. The first kappa shape index (κ1) is 22.4. The van der Waals surface area contributed by atoms with Crippen LogP contribution in [0.1, 0.15) is 22.3 Å². The van der Waals surface area contributed by atoms with Crippen molar-refractivity contribution in [2.45, 2.75) is 37.7 Å². The van der Waals surface area contributed by atoms with E-state index in [1.807, 2.05) is 43.3 Å². The van der Waals surface area contributed by atoms with E-state index in [0.717, 1.165) is 44.7 Å². The Morgan fingerprint density at radius 3 is 2.32 bits per heavy atom. The van der Waals surface area contributed by atoms with E-state index in [4.69, 9.17) is 4.74 Å². The van der Waals surface area contributed by atoms with Gasteiger partial charge in [-0.3, -0.25) is 4.55 Å². The quantitative estimate of drug-likeness (QED) is 0.341. The van der Waals surface area contributed by atoms with Crippen molar-refractivity contribution in [2.75, 3.05) is 0 Å². The van der Waals surface area contributed by atoms with Crippen molar-refractivity contribution in [3.05, 3.63) is 107 Å². The second-order valence-electron chi connectivity index (χ2n) is 8.93. The van der Waals surface area contributed by atoms with Gasteiger partial charge in [0.15, 0.2) is 0 Å². The molecule has 0 aromatic heterocycles. The predicted octanol–water partition coefficient (Wildman–Crippen LogP) is 6.43. The number of hydrogen-bond donors (Lipinski definition) is 1. The normalized spacial score (nSPS) is 15.1. The van der Waals surface area contributed by atoms with Crippen molar-refractivity contribution in [3.8, 4) is 28.0 Å². The molecule has 1 unspecified atom stereocenters. The zero-order valence-electron chi connectivity index (χ0n) is 19.2. The molecule has 172 valence electrons. The fourth-order valence-electron chi connectivity index (χ4n) is 4.78. The van der Waals surface area contributed by atoms with E-state index < -0.39 is 10.1 Å². The molecular formula is C29H26O4S. The number of benzene rings is 4. The minimum Gasteiger partial charge on any atom is -0.489 e. The Morgan fingerprint density at radius 2 is 1.59 bits per heavy atom. The highest BCUT2D eigenvalue weighted by Crippen LogP contribution is 2.43. The zero-order valence-corrected chi connectivity index (χ0v) is 20.0. The summed E-state index contributed by atoms with van der Waals surface area (Å²) >= 11 is 0. The molecule has 0 spiro atoms. The van der Waals surface area contributed by atoms with E-state index in [1.165, 1.54) is 6.07 Å². The summed E-state index contributed by atoms with van der Waals surface area (Å²) < 4.78 is 40.1. The van der Waals surface area contributed by atoms with Crippen molar-refractivity contribution in [1.29, 1.82) is 0 Å². The number of fused-ring (bicyclic) bond motifs is 1. The zero-order chi connectivity index (χ0) is 23.9. The number of hydrogen-bond acceptors (Lipinski definition) is 3. The molecule has 1 heterocycles. The molecule has 0 saturated carbocycles. The van der Waals surface area contributed by atoms with Gasteiger partial charge in [-0.25, -0.2) is 0 Å². The van der Waals surface area contributed by atoms with Crippen LogP contribution in [0.4, 0.5) is 0 Å². The molecule has 0 saturated heterocycles. The van der Waals surface area contributed by atoms with Crippen LogP contribution in [-0.4, -0.2) is 19.1 Å². The van der Waals surface area contributed by atoms with Gasteiger partial charge in [-0.15, -0.1) is 0 Å². The molecule has 0 radical (unpaired) electrons. The summed E-state index contributed by atoms with van der Waals surface area (Å²) in [6.45, 7) is 4.00. The highest BCUT2D eigenvalue weighted by molar-refractivity contribution is 7.85. The van der Waals surface area contributed by atoms with E-state index in [9.17, 15) is 13.0 Å². The van der Waals surface area contributed by atoms with Crippen LogP contribution >= 0.6 is 0 Å². The lowest BCUT2D eigenvalue weighted by Gasteiger charge is -2.16. The molecule has 5 heteroatoms. The van der Waals surface area contributed by atoms with Gasteiger partial charge in [0.05, 0.1) is 4.90 Å². The monoisotopic (exact) mass is 470 g/mol. The molecule has 1 aliphatic rings. The fourth-order valence-corrected chi connectivity index (χ4v) is 5.50. The molecule has 4 aromatic carbocycles. The van der Waals surface area contributed by atoms with Crippen molar-refractivity contribution >= 4 is 10.1 Å². The minimum atomic E-state index is -4.31. The van der Waals surface area contributed by atoms with E-state index in [-0.39, 0.29) is 11.0 Å². The highest BCUT2D eigenvalue weighted by Gasteiger charge is 2.29. The maximum atomic E-state index is 11.9. The summed E-state index contributed by atoms with van der Waals surface area (Å²) in [6, 6.07) is 27.8. The lowest BCUT2D eigenvalue weighted by Crippen LogP contribution is -2.18. The molecule has 0 bridgehead atoms. The smallest absolute Gasteiger partial charge is 0.294 e. The van der Waals surface area contributed by atoms with Crippen LogP contribution in [0.5, 0.6) is 5.75 Å². The Balaban J connectivity index is 1.57. The number of ether oxygens (including phenoxy) is 1. The molecule has 1 aliphatic heterocycles. The van der Waals surface area contributed by atoms with Gasteiger partial charge in [0.25, 0.3) is 10.1 Å². The molecule has 0 fully saturated rings. The summed E-state index contributed by atoms with van der Waals surface area (Å²) in [7, 11) is -4.31. The van der Waals surface area contributed by atoms with Crippen LogP contribution in [0, 0.1) is 13.8 Å². The summed E-state index contributed by atoms with van der Waals surface area (Å²) in [6.07, 6.45) is 0.818. The van der Waals surface area contributed by atoms with Crippen LogP contribution in [0.2, 0.25) is 0 Å². The summed E-state index contributed by atoms with van der Waals surface area (Å²) in [5.41, 5.74) is 8.18. The second kappa shape index (κ2) is 8.75. The summed E-state index contributed by atoms with van der Waals surface area (Å²) in [4.78, 5) is -0.0539. The first-order valence-corrected chi connectivity index (χ1v) is 12.8. The standard InChI is InChI=1S/C29H26O4S/c1-19-12-13-28(34(30,31)32)23(14-19)16-25-17-24-15-22(21-9-4-3-5-10-21)18-27(29(24)33-25)26-11-7-6-8-20(26)2/h3-15,18,25H,16-17H2,1-2H3,(H,30,31,32). The second-order valence-corrected chi connectivity index (χ2v) is 10.3. The van der Waals surface area contributed by atoms with Crippen LogP contribution in [-0.2, 0) is 23.0 Å². The fraction of sp³-hybridized carbons (Fsp3) is 0.172. The van der Waals surface area contributed by atoms with E-state index >= 15 is 0 Å². The van der Waals surface area contributed by atoms with E-state index in [2.05, 4.69) is 43.3 Å². The molecule has 34 heavy (non-hydrogen) atoms. The van der Waals surface area contributed by atoms with Crippen LogP contribution < -0.4 is 4.74 Å². The Bertz CT molecular complexity index is 1470. The molecule has 1 N–H and O–H groups in total. The van der Waals surface area contributed by atoms with Gasteiger partial charge in [0.1, 0.15) is 11.9 Å². The Hall–Kier alpha value is -3.41. The van der Waals surface area contributed by atoms with Crippen molar-refractivity contribution in [2.24, 2.45) is 0 Å². The van der Waals surface area contributed by atoms with Gasteiger partial charge in [0.2, 0.25) is 0 Å². The highest BCUT2D eigenvalue weighted by atomic mass is 32.2. The third-order valence-electron chi connectivity index (χ3n) is 6.38. The maximum Gasteiger partial charge on any atom is 0.294 e. The molecule has 0 aliphatic carbocycles. The van der Waals surface area contributed by atoms with Crippen LogP contribution in [0.15, 0.2) is 89.8 Å². The van der Waals surface area contributed by atoms with Gasteiger partial charge in [-0.1, -0.05) is 72.3 Å². The molecule has 4 nitrogen and oxygen atoms in total. The first-order chi connectivity index (χ1) is 16.3. The Kier molecular flexibility index (Phi) is 5.76. The first-order valence-electron chi connectivity index (χ1n) is 11.3. The van der Waals surface area contributed by atoms with Crippen LogP contribution in [0.3, 0.4) is 0 Å². The SMILES string of the molecule is Cc1ccc(S(=O)(=O)O)c(CC2Cc3cc(-c4ccccc4)cc(-c4ccccc4C)c3O2)c1. The third kappa shape index (κ3) is 4.37. The number of rotatable bonds is 5. The average Bonchev–Trinajstić information content (AvgIpc) is 3.21. The van der Waals surface area contributed by atoms with Crippen molar-refractivity contribution < 1.29 is 17.7 Å². The predicted molar refractivity (Wildman–Crippen MR) is 135 cm³/mol. The topological polar surface area (TPSA) is 63.6 Å². The van der Waals surface area contributed by atoms with E-state index in [1.54, 1.807) is 6.07 Å². The largest absolute Gasteiger partial charge is 0.489 e. The van der Waals surface area contributed by atoms with Crippen molar-refractivity contribution in [1.82, 2.24) is 0 Å². The molecule has 5 rings (SSSR count). The minimum absolute atomic E-state index is 0.0539. The molecule has 4 aromatic rings. The van der Waals surface area contributed by atoms with Gasteiger partial charge < -0.3 is 4.74 Å². The molecular weight excluding hydrogens is 444 g/mol. The van der Waals surface area contributed by atoms with Gasteiger partial charge in [-0.2, -0.15) is 8.42 Å². The summed E-state index contributed by atoms with van der Waals surface area (Å²) in [5, 5.41) is 0. The Labute approximate surface area is 200 Å². The Morgan fingerprint density at radius 1 is 0.853 bits per heavy atom. The van der Waals surface area contributed by atoms with E-state index in [0.29, 0.717) is 18.4 Å². The van der Waals surface area contributed by atoms with Gasteiger partial charge in [-0.05, 0) is 65.4 Å². The molecule has 0 amide bonds. The van der Waals surface area contributed by atoms with Gasteiger partial charge >= 0.3 is 0 Å². The summed E-state index contributed by atoms with van der Waals surface area (Å²) in [5.74, 6) is 0.847. The number of aryl methyl sites for hydroxylation is 2. The average molecular weight is 471 g/mol. The maximum absolute atomic E-state index is 11.9. The third-order valence-corrected chi connectivity index (χ3v) is 7.34. The van der Waals surface area contributed by atoms with Crippen molar-refractivity contribution in [3.63, 3.8) is 0 Å².